The summed E-state index contributed by atoms with van der Waals surface area (Å²) in [6, 6.07) is 0. The topological polar surface area (TPSA) is 0 Å². The van der Waals surface area contributed by atoms with E-state index in [0.717, 1.165) is 5.92 Å². The van der Waals surface area contributed by atoms with Gasteiger partial charge in [-0.15, -0.1) is 0 Å². The second kappa shape index (κ2) is 12.7. The van der Waals surface area contributed by atoms with Crippen molar-refractivity contribution in [1.82, 2.24) is 0 Å². The Balaban J connectivity index is 1.73. The number of hydrogen-bond donors (Lipinski definition) is 0. The quantitative estimate of drug-likeness (QED) is 0.406. The summed E-state index contributed by atoms with van der Waals surface area (Å²) in [5.74, 6) is 3.90. The van der Waals surface area contributed by atoms with Crippen LogP contribution in [0.25, 0.3) is 0 Å². The van der Waals surface area contributed by atoms with Gasteiger partial charge in [-0.25, -0.2) is 0 Å². The van der Waals surface area contributed by atoms with Crippen molar-refractivity contribution in [3.8, 4) is 0 Å². The van der Waals surface area contributed by atoms with E-state index in [1.807, 2.05) is 0 Å². The molecule has 0 nitrogen and oxygen atoms in total. The highest BCUT2D eigenvalue weighted by Gasteiger charge is 2.12. The fourth-order valence-corrected chi connectivity index (χ4v) is 5.25. The summed E-state index contributed by atoms with van der Waals surface area (Å²) in [6.45, 7) is 2.29. The maximum absolute atomic E-state index is 2.29. The van der Waals surface area contributed by atoms with Crippen molar-refractivity contribution in [2.24, 2.45) is 5.92 Å². The van der Waals surface area contributed by atoms with Crippen molar-refractivity contribution in [3.05, 3.63) is 0 Å². The van der Waals surface area contributed by atoms with Gasteiger partial charge < -0.3 is 0 Å². The van der Waals surface area contributed by atoms with Crippen LogP contribution in [0.4, 0.5) is 0 Å². The van der Waals surface area contributed by atoms with Gasteiger partial charge in [0.15, 0.2) is 0 Å². The van der Waals surface area contributed by atoms with Crippen molar-refractivity contribution in [2.75, 3.05) is 16.6 Å². The lowest BCUT2D eigenvalue weighted by Gasteiger charge is -2.20. The Morgan fingerprint density at radius 1 is 0.722 bits per heavy atom. The van der Waals surface area contributed by atoms with Gasteiger partial charge in [0.25, 0.3) is 0 Å². The summed E-state index contributed by atoms with van der Waals surface area (Å²) in [7, 11) is 0. The minimum Gasteiger partial charge on any atom is -0.151 e. The van der Waals surface area contributed by atoms with E-state index in [9.17, 15) is 0 Å². The number of unbranched alkanes of at least 4 members (excludes halogenated alkanes) is 9. The maximum Gasteiger partial charge on any atom is 0.0392 e. The molecule has 2 heteroatoms. The highest BCUT2D eigenvalue weighted by Crippen LogP contribution is 2.28. The Labute approximate surface area is 123 Å². The van der Waals surface area contributed by atoms with Crippen LogP contribution in [0.2, 0.25) is 0 Å². The summed E-state index contributed by atoms with van der Waals surface area (Å²) < 4.78 is 0. The highest BCUT2D eigenvalue weighted by atomic mass is 32.2. The largest absolute Gasteiger partial charge is 0.151 e. The standard InChI is InChI=1S/C16H32S2/c1-2-3-4-5-6-7-8-9-10-11-12-16-13-17-15-18-14-16/h16H,2-15H2,1H3. The van der Waals surface area contributed by atoms with E-state index in [0.29, 0.717) is 0 Å². The zero-order valence-corrected chi connectivity index (χ0v) is 13.9. The first-order chi connectivity index (χ1) is 8.93. The van der Waals surface area contributed by atoms with Gasteiger partial charge in [0.1, 0.15) is 0 Å². The van der Waals surface area contributed by atoms with Crippen LogP contribution in [0.5, 0.6) is 0 Å². The molecule has 0 aromatic rings. The first-order valence-electron chi connectivity index (χ1n) is 8.09. The van der Waals surface area contributed by atoms with Crippen LogP contribution in [0.1, 0.15) is 77.6 Å². The van der Waals surface area contributed by atoms with E-state index in [1.165, 1.54) is 87.2 Å². The zero-order valence-electron chi connectivity index (χ0n) is 12.3. The fourth-order valence-electron chi connectivity index (χ4n) is 2.62. The van der Waals surface area contributed by atoms with E-state index < -0.39 is 0 Å². The van der Waals surface area contributed by atoms with Crippen LogP contribution < -0.4 is 0 Å². The van der Waals surface area contributed by atoms with E-state index in [2.05, 4.69) is 30.4 Å². The smallest absolute Gasteiger partial charge is 0.0392 e. The van der Waals surface area contributed by atoms with Crippen molar-refractivity contribution in [2.45, 2.75) is 77.6 Å². The Hall–Kier alpha value is 0.700. The number of rotatable bonds is 11. The summed E-state index contributed by atoms with van der Waals surface area (Å²) in [4.78, 5) is 0. The van der Waals surface area contributed by atoms with Gasteiger partial charge in [-0.1, -0.05) is 71.1 Å². The van der Waals surface area contributed by atoms with Crippen molar-refractivity contribution in [3.63, 3.8) is 0 Å². The summed E-state index contributed by atoms with van der Waals surface area (Å²) in [5.41, 5.74) is 0. The number of thioether (sulfide) groups is 2. The molecule has 1 aliphatic rings. The molecule has 1 saturated heterocycles. The van der Waals surface area contributed by atoms with Crippen LogP contribution in [0, 0.1) is 5.92 Å². The molecule has 0 unspecified atom stereocenters. The van der Waals surface area contributed by atoms with Crippen molar-refractivity contribution in [1.29, 1.82) is 0 Å². The molecule has 0 spiro atoms. The molecule has 1 aliphatic heterocycles. The molecule has 18 heavy (non-hydrogen) atoms. The normalized spacial score (nSPS) is 17.2. The molecule has 1 heterocycles. The average Bonchev–Trinajstić information content (AvgIpc) is 2.42. The molecule has 0 atom stereocenters. The molecule has 1 fully saturated rings. The van der Waals surface area contributed by atoms with E-state index in [4.69, 9.17) is 0 Å². The molecule has 0 aromatic heterocycles. The Bertz CT molecular complexity index is 164. The Morgan fingerprint density at radius 2 is 1.22 bits per heavy atom. The molecular weight excluding hydrogens is 256 g/mol. The lowest BCUT2D eigenvalue weighted by atomic mass is 10.0. The Morgan fingerprint density at radius 3 is 1.78 bits per heavy atom. The molecule has 0 bridgehead atoms. The van der Waals surface area contributed by atoms with Gasteiger partial charge in [0.2, 0.25) is 0 Å². The van der Waals surface area contributed by atoms with Crippen LogP contribution in [-0.4, -0.2) is 16.6 Å². The molecule has 0 aliphatic carbocycles. The molecule has 0 aromatic carbocycles. The van der Waals surface area contributed by atoms with Gasteiger partial charge in [0, 0.05) is 5.08 Å². The second-order valence-corrected chi connectivity index (χ2v) is 8.12. The minimum atomic E-state index is 1.03. The molecule has 1 rings (SSSR count). The fraction of sp³-hybridized carbons (Fsp3) is 1.00. The van der Waals surface area contributed by atoms with Crippen LogP contribution in [0.3, 0.4) is 0 Å². The highest BCUT2D eigenvalue weighted by molar-refractivity contribution is 8.16. The van der Waals surface area contributed by atoms with E-state index in [1.54, 1.807) is 0 Å². The molecule has 0 amide bonds. The van der Waals surface area contributed by atoms with Crippen LogP contribution >= 0.6 is 23.5 Å². The third kappa shape index (κ3) is 9.61. The lowest BCUT2D eigenvalue weighted by molar-refractivity contribution is 0.513. The van der Waals surface area contributed by atoms with Gasteiger partial charge in [-0.3, -0.25) is 0 Å². The first-order valence-corrected chi connectivity index (χ1v) is 10.4. The molecule has 0 N–H and O–H groups in total. The van der Waals surface area contributed by atoms with Gasteiger partial charge in [0.05, 0.1) is 0 Å². The predicted octanol–water partition coefficient (Wildman–Crippen LogP) is 6.35. The summed E-state index contributed by atoms with van der Waals surface area (Å²) >= 11 is 4.29. The average molecular weight is 289 g/mol. The summed E-state index contributed by atoms with van der Waals surface area (Å²) in [6.07, 6.45) is 16.2. The SMILES string of the molecule is CCCCCCCCCCCCC1CSCSC1. The second-order valence-electron chi connectivity index (χ2n) is 5.70. The molecule has 0 radical (unpaired) electrons. The van der Waals surface area contributed by atoms with Crippen LogP contribution in [0.15, 0.2) is 0 Å². The Kier molecular flexibility index (Phi) is 11.8. The van der Waals surface area contributed by atoms with Crippen LogP contribution in [-0.2, 0) is 0 Å². The molecule has 0 saturated carbocycles. The van der Waals surface area contributed by atoms with E-state index in [-0.39, 0.29) is 0 Å². The monoisotopic (exact) mass is 288 g/mol. The third-order valence-electron chi connectivity index (χ3n) is 3.84. The number of hydrogen-bond acceptors (Lipinski definition) is 2. The zero-order chi connectivity index (χ0) is 12.9. The first kappa shape index (κ1) is 16.8. The third-order valence-corrected chi connectivity index (χ3v) is 6.59. The van der Waals surface area contributed by atoms with Gasteiger partial charge >= 0.3 is 0 Å². The van der Waals surface area contributed by atoms with Crippen molar-refractivity contribution < 1.29 is 0 Å². The maximum atomic E-state index is 2.29. The van der Waals surface area contributed by atoms with Gasteiger partial charge in [-0.05, 0) is 23.8 Å². The molecule has 108 valence electrons. The van der Waals surface area contributed by atoms with E-state index >= 15 is 0 Å². The van der Waals surface area contributed by atoms with Gasteiger partial charge in [-0.2, -0.15) is 23.5 Å². The predicted molar refractivity (Wildman–Crippen MR) is 89.7 cm³/mol. The lowest BCUT2D eigenvalue weighted by Crippen LogP contribution is -2.11. The minimum absolute atomic E-state index is 1.03. The summed E-state index contributed by atoms with van der Waals surface area (Å²) in [5, 5.41) is 1.34. The van der Waals surface area contributed by atoms with Crippen molar-refractivity contribution >= 4 is 23.5 Å². The molecular formula is C16H32S2.